The summed E-state index contributed by atoms with van der Waals surface area (Å²) in [6.07, 6.45) is 1.43. The number of hydrazone groups is 1. The number of nitrogens with one attached hydrogen (secondary N) is 1. The number of anilines is 1. The zero-order valence-corrected chi connectivity index (χ0v) is 15.4. The standard InChI is InChI=1S/C20H15ClN2O5/c1-11-2-4-13(9-15(11)19(24)25)23-22-10-14-5-7-18(28-14)12-3-6-17(21)16(8-12)20(26)27/h2-10,23H,1H3,(H,24,25)(H,26,27)/b22-10-. The molecule has 3 N–H and O–H groups in total. The van der Waals surface area contributed by atoms with Crippen LogP contribution in [0, 0.1) is 6.92 Å². The maximum atomic E-state index is 11.2. The van der Waals surface area contributed by atoms with Crippen LogP contribution in [0.3, 0.4) is 0 Å². The molecule has 0 spiro atoms. The Morgan fingerprint density at radius 3 is 2.50 bits per heavy atom. The highest BCUT2D eigenvalue weighted by Gasteiger charge is 2.12. The Hall–Kier alpha value is -3.58. The first-order chi connectivity index (χ1) is 13.3. The fourth-order valence-electron chi connectivity index (χ4n) is 2.51. The maximum absolute atomic E-state index is 11.2. The number of carboxylic acids is 2. The van der Waals surface area contributed by atoms with Gasteiger partial charge in [0.25, 0.3) is 0 Å². The third-order valence-electron chi connectivity index (χ3n) is 3.96. The van der Waals surface area contributed by atoms with E-state index in [1.54, 1.807) is 37.3 Å². The van der Waals surface area contributed by atoms with Crippen LogP contribution in [0.25, 0.3) is 11.3 Å². The molecule has 0 unspecified atom stereocenters. The maximum Gasteiger partial charge on any atom is 0.337 e. The second kappa shape index (κ2) is 7.98. The van der Waals surface area contributed by atoms with Gasteiger partial charge in [-0.1, -0.05) is 17.7 Å². The van der Waals surface area contributed by atoms with Crippen LogP contribution < -0.4 is 5.43 Å². The van der Waals surface area contributed by atoms with Gasteiger partial charge in [0.1, 0.15) is 11.5 Å². The fourth-order valence-corrected chi connectivity index (χ4v) is 2.71. The summed E-state index contributed by atoms with van der Waals surface area (Å²) in [5.41, 5.74) is 4.67. The number of nitrogens with zero attached hydrogens (tertiary/aromatic N) is 1. The van der Waals surface area contributed by atoms with Crippen LogP contribution in [-0.2, 0) is 0 Å². The summed E-state index contributed by atoms with van der Waals surface area (Å²) in [5.74, 6) is -1.24. The average Bonchev–Trinajstić information content (AvgIpc) is 3.12. The molecule has 2 aromatic carbocycles. The summed E-state index contributed by atoms with van der Waals surface area (Å²) in [5, 5.41) is 22.5. The highest BCUT2D eigenvalue weighted by atomic mass is 35.5. The van der Waals surface area contributed by atoms with Crippen LogP contribution in [0.4, 0.5) is 5.69 Å². The molecule has 1 aromatic heterocycles. The van der Waals surface area contributed by atoms with Gasteiger partial charge in [0.2, 0.25) is 0 Å². The van der Waals surface area contributed by atoms with Crippen LogP contribution >= 0.6 is 11.6 Å². The Kier molecular flexibility index (Phi) is 5.47. The van der Waals surface area contributed by atoms with E-state index in [1.165, 1.54) is 24.4 Å². The Bertz CT molecular complexity index is 1090. The van der Waals surface area contributed by atoms with Crippen LogP contribution in [-0.4, -0.2) is 28.4 Å². The van der Waals surface area contributed by atoms with Crippen molar-refractivity contribution in [2.45, 2.75) is 6.92 Å². The Labute approximate surface area is 164 Å². The predicted octanol–water partition coefficient (Wildman–Crippen LogP) is 4.75. The number of carbonyl (C=O) groups is 2. The Balaban J connectivity index is 1.75. The number of aromatic carboxylic acids is 2. The Morgan fingerprint density at radius 2 is 1.79 bits per heavy atom. The number of hydrogen-bond donors (Lipinski definition) is 3. The molecule has 0 saturated carbocycles. The van der Waals surface area contributed by atoms with Gasteiger partial charge in [-0.25, -0.2) is 9.59 Å². The number of rotatable bonds is 6. The lowest BCUT2D eigenvalue weighted by molar-refractivity contribution is 0.0685. The van der Waals surface area contributed by atoms with Crippen molar-refractivity contribution in [1.82, 2.24) is 0 Å². The molecule has 0 amide bonds. The number of furan rings is 1. The molecule has 0 atom stereocenters. The quantitative estimate of drug-likeness (QED) is 0.408. The van der Waals surface area contributed by atoms with E-state index in [0.29, 0.717) is 28.3 Å². The van der Waals surface area contributed by atoms with Crippen molar-refractivity contribution in [3.63, 3.8) is 0 Å². The minimum atomic E-state index is -1.12. The van der Waals surface area contributed by atoms with E-state index in [1.807, 2.05) is 0 Å². The zero-order chi connectivity index (χ0) is 20.3. The molecule has 0 aliphatic heterocycles. The molecular formula is C20H15ClN2O5. The monoisotopic (exact) mass is 398 g/mol. The van der Waals surface area contributed by atoms with Crippen molar-refractivity contribution >= 4 is 35.4 Å². The minimum absolute atomic E-state index is 0.0129. The van der Waals surface area contributed by atoms with Gasteiger partial charge in [-0.15, -0.1) is 0 Å². The molecule has 0 radical (unpaired) electrons. The molecule has 1 heterocycles. The van der Waals surface area contributed by atoms with E-state index < -0.39 is 11.9 Å². The molecule has 0 fully saturated rings. The molecular weight excluding hydrogens is 384 g/mol. The van der Waals surface area contributed by atoms with Crippen LogP contribution in [0.5, 0.6) is 0 Å². The number of carboxylic acid groups (broad SMARTS) is 2. The number of aryl methyl sites for hydroxylation is 1. The third-order valence-corrected chi connectivity index (χ3v) is 4.29. The van der Waals surface area contributed by atoms with Crippen LogP contribution in [0.1, 0.15) is 32.0 Å². The van der Waals surface area contributed by atoms with Gasteiger partial charge in [-0.3, -0.25) is 5.43 Å². The van der Waals surface area contributed by atoms with Gasteiger partial charge in [-0.05, 0) is 55.0 Å². The predicted molar refractivity (Wildman–Crippen MR) is 105 cm³/mol. The summed E-state index contributed by atoms with van der Waals surface area (Å²) in [4.78, 5) is 22.4. The molecule has 0 saturated heterocycles. The molecule has 7 nitrogen and oxygen atoms in total. The first-order valence-corrected chi connectivity index (χ1v) is 8.49. The van der Waals surface area contributed by atoms with Crippen LogP contribution in [0.15, 0.2) is 58.0 Å². The second-order valence-electron chi connectivity index (χ2n) is 5.91. The van der Waals surface area contributed by atoms with E-state index in [0.717, 1.165) is 0 Å². The van der Waals surface area contributed by atoms with E-state index in [9.17, 15) is 9.59 Å². The number of benzene rings is 2. The van der Waals surface area contributed by atoms with Gasteiger partial charge in [0.05, 0.1) is 28.1 Å². The number of hydrogen-bond acceptors (Lipinski definition) is 5. The highest BCUT2D eigenvalue weighted by Crippen LogP contribution is 2.26. The zero-order valence-electron chi connectivity index (χ0n) is 14.6. The normalized spacial score (nSPS) is 10.9. The molecule has 0 bridgehead atoms. The van der Waals surface area contributed by atoms with Gasteiger partial charge in [0, 0.05) is 5.56 Å². The largest absolute Gasteiger partial charge is 0.478 e. The molecule has 28 heavy (non-hydrogen) atoms. The van der Waals surface area contributed by atoms with Crippen molar-refractivity contribution in [1.29, 1.82) is 0 Å². The first-order valence-electron chi connectivity index (χ1n) is 8.11. The smallest absolute Gasteiger partial charge is 0.337 e. The van der Waals surface area contributed by atoms with Crippen molar-refractivity contribution in [3.05, 3.63) is 76.0 Å². The van der Waals surface area contributed by atoms with Gasteiger partial charge in [0.15, 0.2) is 0 Å². The molecule has 3 aromatic rings. The number of halogens is 1. The van der Waals surface area contributed by atoms with E-state index in [4.69, 9.17) is 26.2 Å². The van der Waals surface area contributed by atoms with E-state index in [2.05, 4.69) is 10.5 Å². The lowest BCUT2D eigenvalue weighted by Gasteiger charge is -2.04. The van der Waals surface area contributed by atoms with Crippen LogP contribution in [0.2, 0.25) is 5.02 Å². The van der Waals surface area contributed by atoms with E-state index >= 15 is 0 Å². The van der Waals surface area contributed by atoms with Crippen molar-refractivity contribution in [3.8, 4) is 11.3 Å². The second-order valence-corrected chi connectivity index (χ2v) is 6.31. The summed E-state index contributed by atoms with van der Waals surface area (Å²) in [6.45, 7) is 1.72. The Morgan fingerprint density at radius 1 is 1.04 bits per heavy atom. The van der Waals surface area contributed by atoms with Crippen molar-refractivity contribution in [2.24, 2.45) is 5.10 Å². The van der Waals surface area contributed by atoms with E-state index in [-0.39, 0.29) is 16.1 Å². The third kappa shape index (κ3) is 4.21. The minimum Gasteiger partial charge on any atom is -0.478 e. The average molecular weight is 399 g/mol. The van der Waals surface area contributed by atoms with Crippen molar-refractivity contribution < 1.29 is 24.2 Å². The highest BCUT2D eigenvalue weighted by molar-refractivity contribution is 6.33. The van der Waals surface area contributed by atoms with Gasteiger partial charge in [-0.2, -0.15) is 5.10 Å². The summed E-state index contributed by atoms with van der Waals surface area (Å²) >= 11 is 5.87. The molecule has 0 aliphatic rings. The molecule has 142 valence electrons. The fraction of sp³-hybridized carbons (Fsp3) is 0.0500. The topological polar surface area (TPSA) is 112 Å². The van der Waals surface area contributed by atoms with Gasteiger partial charge < -0.3 is 14.6 Å². The lowest BCUT2D eigenvalue weighted by Crippen LogP contribution is -2.01. The summed E-state index contributed by atoms with van der Waals surface area (Å²) < 4.78 is 5.64. The first kappa shape index (κ1) is 19.2. The molecule has 0 aliphatic carbocycles. The molecule has 3 rings (SSSR count). The van der Waals surface area contributed by atoms with Gasteiger partial charge >= 0.3 is 11.9 Å². The summed E-state index contributed by atoms with van der Waals surface area (Å²) in [7, 11) is 0. The van der Waals surface area contributed by atoms with Crippen molar-refractivity contribution in [2.75, 3.05) is 5.43 Å². The SMILES string of the molecule is Cc1ccc(N/N=C\c2ccc(-c3ccc(Cl)c(C(=O)O)c3)o2)cc1C(=O)O. The summed E-state index contributed by atoms with van der Waals surface area (Å²) in [6, 6.07) is 12.8. The molecule has 8 heteroatoms. The lowest BCUT2D eigenvalue weighted by atomic mass is 10.1.